The Morgan fingerprint density at radius 1 is 0.800 bits per heavy atom. The Labute approximate surface area is 90.0 Å². The highest BCUT2D eigenvalue weighted by Gasteiger charge is 2.03. The van der Waals surface area contributed by atoms with Gasteiger partial charge in [0.05, 0.1) is 0 Å². The lowest BCUT2D eigenvalue weighted by Gasteiger charge is -2.06. The van der Waals surface area contributed by atoms with Crippen molar-refractivity contribution in [1.82, 2.24) is 0 Å². The largest absolute Gasteiger partial charge is 0.507 e. The van der Waals surface area contributed by atoms with E-state index in [2.05, 4.69) is 19.1 Å². The molecule has 15 heavy (non-hydrogen) atoms. The fraction of sp³-hybridized carbons (Fsp3) is 0.143. The van der Waals surface area contributed by atoms with E-state index in [1.54, 1.807) is 6.07 Å². The lowest BCUT2D eigenvalue weighted by Crippen LogP contribution is -1.81. The molecule has 76 valence electrons. The van der Waals surface area contributed by atoms with E-state index in [0.717, 1.165) is 16.7 Å². The number of aryl methyl sites for hydroxylation is 2. The topological polar surface area (TPSA) is 20.2 Å². The molecule has 1 nitrogen and oxygen atoms in total. The molecule has 0 aliphatic heterocycles. The fourth-order valence-electron chi connectivity index (χ4n) is 1.61. The predicted molar refractivity (Wildman–Crippen MR) is 63.0 cm³/mol. The third-order valence-electron chi connectivity index (χ3n) is 2.51. The molecule has 0 aromatic heterocycles. The second-order valence-electron chi connectivity index (χ2n) is 3.89. The summed E-state index contributed by atoms with van der Waals surface area (Å²) in [6.07, 6.45) is 0. The summed E-state index contributed by atoms with van der Waals surface area (Å²) in [7, 11) is 0. The SMILES string of the molecule is Cc1ccc(-c2cc(C)ccc2O)cc1. The average Bonchev–Trinajstić information content (AvgIpc) is 2.23. The molecule has 2 rings (SSSR count). The van der Waals surface area contributed by atoms with Gasteiger partial charge in [-0.3, -0.25) is 0 Å². The van der Waals surface area contributed by atoms with E-state index in [9.17, 15) is 5.11 Å². The van der Waals surface area contributed by atoms with E-state index in [1.807, 2.05) is 31.2 Å². The highest BCUT2D eigenvalue weighted by molar-refractivity contribution is 5.70. The van der Waals surface area contributed by atoms with Gasteiger partial charge in [0.2, 0.25) is 0 Å². The summed E-state index contributed by atoms with van der Waals surface area (Å²) in [5, 5.41) is 9.76. The van der Waals surface area contributed by atoms with Crippen molar-refractivity contribution in [3.63, 3.8) is 0 Å². The van der Waals surface area contributed by atoms with Gasteiger partial charge in [0.25, 0.3) is 0 Å². The van der Waals surface area contributed by atoms with Gasteiger partial charge in [0.1, 0.15) is 5.75 Å². The maximum atomic E-state index is 9.76. The molecule has 0 amide bonds. The molecule has 1 heteroatoms. The first-order chi connectivity index (χ1) is 7.16. The number of hydrogen-bond donors (Lipinski definition) is 1. The van der Waals surface area contributed by atoms with Crippen molar-refractivity contribution in [2.24, 2.45) is 0 Å². The molecule has 0 saturated carbocycles. The van der Waals surface area contributed by atoms with E-state index in [4.69, 9.17) is 0 Å². The summed E-state index contributed by atoms with van der Waals surface area (Å²) in [5.74, 6) is 0.337. The van der Waals surface area contributed by atoms with Crippen molar-refractivity contribution in [1.29, 1.82) is 0 Å². The van der Waals surface area contributed by atoms with E-state index >= 15 is 0 Å². The van der Waals surface area contributed by atoms with Crippen molar-refractivity contribution < 1.29 is 5.11 Å². The van der Waals surface area contributed by atoms with Crippen molar-refractivity contribution in [3.8, 4) is 16.9 Å². The third-order valence-corrected chi connectivity index (χ3v) is 2.51. The molecule has 0 fully saturated rings. The molecule has 0 unspecified atom stereocenters. The van der Waals surface area contributed by atoms with Crippen molar-refractivity contribution >= 4 is 0 Å². The maximum absolute atomic E-state index is 9.76. The smallest absolute Gasteiger partial charge is 0.123 e. The first-order valence-corrected chi connectivity index (χ1v) is 5.03. The van der Waals surface area contributed by atoms with Crippen LogP contribution in [0.15, 0.2) is 42.5 Å². The fourth-order valence-corrected chi connectivity index (χ4v) is 1.61. The second-order valence-corrected chi connectivity index (χ2v) is 3.89. The normalized spacial score (nSPS) is 10.3. The monoisotopic (exact) mass is 198 g/mol. The molecule has 0 aliphatic carbocycles. The zero-order valence-electron chi connectivity index (χ0n) is 8.99. The molecule has 0 radical (unpaired) electrons. The van der Waals surface area contributed by atoms with E-state index < -0.39 is 0 Å². The third kappa shape index (κ3) is 2.01. The van der Waals surface area contributed by atoms with Crippen molar-refractivity contribution in [3.05, 3.63) is 53.6 Å². The summed E-state index contributed by atoms with van der Waals surface area (Å²) < 4.78 is 0. The molecule has 0 aliphatic rings. The predicted octanol–water partition coefficient (Wildman–Crippen LogP) is 3.68. The number of rotatable bonds is 1. The van der Waals surface area contributed by atoms with Crippen LogP contribution in [0.5, 0.6) is 5.75 Å². The molecular formula is C14H14O. The number of benzene rings is 2. The Morgan fingerprint density at radius 2 is 1.40 bits per heavy atom. The summed E-state index contributed by atoms with van der Waals surface area (Å²) in [6, 6.07) is 13.8. The van der Waals surface area contributed by atoms with Crippen LogP contribution in [-0.4, -0.2) is 5.11 Å². The molecular weight excluding hydrogens is 184 g/mol. The zero-order valence-corrected chi connectivity index (χ0v) is 8.99. The summed E-state index contributed by atoms with van der Waals surface area (Å²) >= 11 is 0. The standard InChI is InChI=1S/C14H14O/c1-10-3-6-12(7-4-10)13-9-11(2)5-8-14(13)15/h3-9,15H,1-2H3. The van der Waals surface area contributed by atoms with E-state index in [1.165, 1.54) is 5.56 Å². The lowest BCUT2D eigenvalue weighted by atomic mass is 10.0. The number of phenols is 1. The highest BCUT2D eigenvalue weighted by Crippen LogP contribution is 2.29. The van der Waals surface area contributed by atoms with Gasteiger partial charge < -0.3 is 5.11 Å². The van der Waals surface area contributed by atoms with E-state index in [0.29, 0.717) is 5.75 Å². The van der Waals surface area contributed by atoms with Crippen LogP contribution in [0.4, 0.5) is 0 Å². The van der Waals surface area contributed by atoms with Crippen LogP contribution in [-0.2, 0) is 0 Å². The number of phenolic OH excluding ortho intramolecular Hbond substituents is 1. The summed E-state index contributed by atoms with van der Waals surface area (Å²) in [4.78, 5) is 0. The average molecular weight is 198 g/mol. The van der Waals surface area contributed by atoms with Crippen LogP contribution < -0.4 is 0 Å². The van der Waals surface area contributed by atoms with Crippen molar-refractivity contribution in [2.75, 3.05) is 0 Å². The molecule has 0 bridgehead atoms. The minimum atomic E-state index is 0.337. The van der Waals surface area contributed by atoms with Crippen LogP contribution in [0.2, 0.25) is 0 Å². The minimum absolute atomic E-state index is 0.337. The first kappa shape index (κ1) is 9.78. The first-order valence-electron chi connectivity index (χ1n) is 5.03. The Balaban J connectivity index is 2.53. The van der Waals surface area contributed by atoms with Gasteiger partial charge in [-0.15, -0.1) is 0 Å². The van der Waals surface area contributed by atoms with Crippen LogP contribution in [0, 0.1) is 13.8 Å². The summed E-state index contributed by atoms with van der Waals surface area (Å²) in [5.41, 5.74) is 4.34. The molecule has 0 atom stereocenters. The maximum Gasteiger partial charge on any atom is 0.123 e. The number of aromatic hydroxyl groups is 1. The molecule has 2 aromatic carbocycles. The molecule has 2 aromatic rings. The van der Waals surface area contributed by atoms with Gasteiger partial charge >= 0.3 is 0 Å². The van der Waals surface area contributed by atoms with E-state index in [-0.39, 0.29) is 0 Å². The van der Waals surface area contributed by atoms with Crippen LogP contribution in [0.1, 0.15) is 11.1 Å². The minimum Gasteiger partial charge on any atom is -0.507 e. The van der Waals surface area contributed by atoms with Gasteiger partial charge in [0.15, 0.2) is 0 Å². The molecule has 0 saturated heterocycles. The number of hydrogen-bond acceptors (Lipinski definition) is 1. The highest BCUT2D eigenvalue weighted by atomic mass is 16.3. The second kappa shape index (κ2) is 3.77. The van der Waals surface area contributed by atoms with Gasteiger partial charge in [-0.2, -0.15) is 0 Å². The van der Waals surface area contributed by atoms with Crippen LogP contribution in [0.3, 0.4) is 0 Å². The van der Waals surface area contributed by atoms with Gasteiger partial charge in [0, 0.05) is 5.56 Å². The molecule has 1 N–H and O–H groups in total. The summed E-state index contributed by atoms with van der Waals surface area (Å²) in [6.45, 7) is 4.08. The Hall–Kier alpha value is -1.76. The Morgan fingerprint density at radius 3 is 2.07 bits per heavy atom. The Bertz CT molecular complexity index is 469. The molecule has 0 spiro atoms. The van der Waals surface area contributed by atoms with Gasteiger partial charge in [-0.25, -0.2) is 0 Å². The zero-order chi connectivity index (χ0) is 10.8. The quantitative estimate of drug-likeness (QED) is 0.741. The van der Waals surface area contributed by atoms with Crippen LogP contribution in [0.25, 0.3) is 11.1 Å². The lowest BCUT2D eigenvalue weighted by molar-refractivity contribution is 0.477. The van der Waals surface area contributed by atoms with Gasteiger partial charge in [-0.1, -0.05) is 41.5 Å². The van der Waals surface area contributed by atoms with Crippen molar-refractivity contribution in [2.45, 2.75) is 13.8 Å². The Kier molecular flexibility index (Phi) is 2.46. The molecule has 0 heterocycles. The van der Waals surface area contributed by atoms with Crippen LogP contribution >= 0.6 is 0 Å². The van der Waals surface area contributed by atoms with Gasteiger partial charge in [-0.05, 0) is 31.5 Å².